The molecule has 3 nitrogen and oxygen atoms in total. The van der Waals surface area contributed by atoms with Crippen LogP contribution in [0.4, 0.5) is 0 Å². The van der Waals surface area contributed by atoms with Crippen molar-refractivity contribution in [2.75, 3.05) is 19.8 Å². The van der Waals surface area contributed by atoms with Crippen LogP contribution in [0, 0.1) is 0 Å². The predicted molar refractivity (Wildman–Crippen MR) is 75.5 cm³/mol. The molecule has 102 valence electrons. The van der Waals surface area contributed by atoms with Crippen molar-refractivity contribution in [2.45, 2.75) is 32.4 Å². The SMILES string of the molecule is CCOc1ccc(CNCC2CCCO2)cc1.Cl. The summed E-state index contributed by atoms with van der Waals surface area (Å²) in [5.74, 6) is 0.940. The lowest BCUT2D eigenvalue weighted by atomic mass is 10.2. The highest BCUT2D eigenvalue weighted by Gasteiger charge is 2.14. The molecular weight excluding hydrogens is 250 g/mol. The van der Waals surface area contributed by atoms with E-state index in [1.165, 1.54) is 18.4 Å². The van der Waals surface area contributed by atoms with Crippen molar-refractivity contribution in [3.05, 3.63) is 29.8 Å². The molecule has 1 aliphatic heterocycles. The molecule has 1 heterocycles. The third kappa shape index (κ3) is 4.84. The van der Waals surface area contributed by atoms with E-state index in [0.717, 1.165) is 32.1 Å². The van der Waals surface area contributed by atoms with Crippen LogP contribution in [0.2, 0.25) is 0 Å². The van der Waals surface area contributed by atoms with E-state index in [-0.39, 0.29) is 12.4 Å². The fraction of sp³-hybridized carbons (Fsp3) is 0.571. The molecular formula is C14H22ClNO2. The van der Waals surface area contributed by atoms with Gasteiger partial charge in [-0.1, -0.05) is 12.1 Å². The lowest BCUT2D eigenvalue weighted by Crippen LogP contribution is -2.25. The van der Waals surface area contributed by atoms with E-state index >= 15 is 0 Å². The van der Waals surface area contributed by atoms with Crippen molar-refractivity contribution in [1.82, 2.24) is 5.32 Å². The largest absolute Gasteiger partial charge is 0.494 e. The summed E-state index contributed by atoms with van der Waals surface area (Å²) in [5, 5.41) is 3.43. The van der Waals surface area contributed by atoms with Crippen LogP contribution in [0.25, 0.3) is 0 Å². The van der Waals surface area contributed by atoms with Crippen molar-refractivity contribution >= 4 is 12.4 Å². The normalized spacial score (nSPS) is 18.4. The Balaban J connectivity index is 0.00000162. The predicted octanol–water partition coefficient (Wildman–Crippen LogP) is 2.78. The molecule has 4 heteroatoms. The van der Waals surface area contributed by atoms with Gasteiger partial charge in [0.1, 0.15) is 5.75 Å². The van der Waals surface area contributed by atoms with Crippen molar-refractivity contribution in [1.29, 1.82) is 0 Å². The first-order chi connectivity index (χ1) is 8.38. The summed E-state index contributed by atoms with van der Waals surface area (Å²) >= 11 is 0. The standard InChI is InChI=1S/C14H21NO2.ClH/c1-2-16-13-7-5-12(6-8-13)10-15-11-14-4-3-9-17-14;/h5-8,14-15H,2-4,9-11H2,1H3;1H. The lowest BCUT2D eigenvalue weighted by molar-refractivity contribution is 0.110. The van der Waals surface area contributed by atoms with Crippen molar-refractivity contribution < 1.29 is 9.47 Å². The minimum Gasteiger partial charge on any atom is -0.494 e. The van der Waals surface area contributed by atoms with Gasteiger partial charge >= 0.3 is 0 Å². The van der Waals surface area contributed by atoms with E-state index in [1.807, 2.05) is 19.1 Å². The van der Waals surface area contributed by atoms with Crippen LogP contribution >= 0.6 is 12.4 Å². The van der Waals surface area contributed by atoms with Crippen LogP contribution in [0.15, 0.2) is 24.3 Å². The third-order valence-corrected chi connectivity index (χ3v) is 2.96. The molecule has 1 aromatic rings. The van der Waals surface area contributed by atoms with E-state index in [2.05, 4.69) is 17.4 Å². The molecule has 1 N–H and O–H groups in total. The van der Waals surface area contributed by atoms with Crippen LogP contribution in [0.1, 0.15) is 25.3 Å². The van der Waals surface area contributed by atoms with Crippen LogP contribution in [0.3, 0.4) is 0 Å². The zero-order valence-electron chi connectivity index (χ0n) is 10.9. The summed E-state index contributed by atoms with van der Waals surface area (Å²) in [6, 6.07) is 8.25. The van der Waals surface area contributed by atoms with Gasteiger partial charge in [0.25, 0.3) is 0 Å². The third-order valence-electron chi connectivity index (χ3n) is 2.96. The fourth-order valence-corrected chi connectivity index (χ4v) is 2.05. The zero-order valence-corrected chi connectivity index (χ0v) is 11.7. The fourth-order valence-electron chi connectivity index (χ4n) is 2.05. The molecule has 0 saturated carbocycles. The summed E-state index contributed by atoms with van der Waals surface area (Å²) in [4.78, 5) is 0. The Labute approximate surface area is 115 Å². The number of hydrogen-bond donors (Lipinski definition) is 1. The molecule has 1 atom stereocenters. The maximum Gasteiger partial charge on any atom is 0.119 e. The van der Waals surface area contributed by atoms with Gasteiger partial charge in [0, 0.05) is 19.7 Å². The Morgan fingerprint density at radius 3 is 2.72 bits per heavy atom. The highest BCUT2D eigenvalue weighted by atomic mass is 35.5. The van der Waals surface area contributed by atoms with Gasteiger partial charge in [-0.15, -0.1) is 12.4 Å². The first kappa shape index (κ1) is 15.3. The number of nitrogens with one attached hydrogen (secondary N) is 1. The second-order valence-corrected chi connectivity index (χ2v) is 4.34. The number of hydrogen-bond acceptors (Lipinski definition) is 3. The van der Waals surface area contributed by atoms with Gasteiger partial charge in [-0.05, 0) is 37.5 Å². The molecule has 0 aromatic heterocycles. The van der Waals surface area contributed by atoms with E-state index in [9.17, 15) is 0 Å². The molecule has 0 amide bonds. The zero-order chi connectivity index (χ0) is 11.9. The molecule has 2 rings (SSSR count). The highest BCUT2D eigenvalue weighted by Crippen LogP contribution is 2.13. The molecule has 1 fully saturated rings. The Morgan fingerprint density at radius 1 is 1.33 bits per heavy atom. The van der Waals surface area contributed by atoms with Crippen LogP contribution in [-0.2, 0) is 11.3 Å². The van der Waals surface area contributed by atoms with Crippen molar-refractivity contribution in [3.63, 3.8) is 0 Å². The van der Waals surface area contributed by atoms with Gasteiger partial charge < -0.3 is 14.8 Å². The summed E-state index contributed by atoms with van der Waals surface area (Å²) in [6.45, 7) is 5.49. The van der Waals surface area contributed by atoms with E-state index < -0.39 is 0 Å². The molecule has 0 radical (unpaired) electrons. The smallest absolute Gasteiger partial charge is 0.119 e. The molecule has 0 spiro atoms. The number of benzene rings is 1. The van der Waals surface area contributed by atoms with E-state index in [0.29, 0.717) is 6.10 Å². The maximum atomic E-state index is 5.56. The number of rotatable bonds is 6. The van der Waals surface area contributed by atoms with Crippen molar-refractivity contribution in [3.8, 4) is 5.75 Å². The second kappa shape index (κ2) is 8.35. The summed E-state index contributed by atoms with van der Waals surface area (Å²) in [6.07, 6.45) is 2.81. The topological polar surface area (TPSA) is 30.5 Å². The van der Waals surface area contributed by atoms with Crippen LogP contribution in [0.5, 0.6) is 5.75 Å². The van der Waals surface area contributed by atoms with Crippen molar-refractivity contribution in [2.24, 2.45) is 0 Å². The average Bonchev–Trinajstić information content (AvgIpc) is 2.85. The maximum absolute atomic E-state index is 5.56. The van der Waals surface area contributed by atoms with Crippen LogP contribution in [-0.4, -0.2) is 25.9 Å². The minimum absolute atomic E-state index is 0. The summed E-state index contributed by atoms with van der Waals surface area (Å²) in [7, 11) is 0. The molecule has 1 aromatic carbocycles. The van der Waals surface area contributed by atoms with Gasteiger partial charge in [-0.3, -0.25) is 0 Å². The molecule has 1 saturated heterocycles. The van der Waals surface area contributed by atoms with E-state index in [4.69, 9.17) is 9.47 Å². The molecule has 0 bridgehead atoms. The van der Waals surface area contributed by atoms with Gasteiger partial charge in [-0.25, -0.2) is 0 Å². The van der Waals surface area contributed by atoms with Gasteiger partial charge in [-0.2, -0.15) is 0 Å². The Hall–Kier alpha value is -0.770. The minimum atomic E-state index is 0. The lowest BCUT2D eigenvalue weighted by Gasteiger charge is -2.11. The first-order valence-corrected chi connectivity index (χ1v) is 6.42. The molecule has 1 unspecified atom stereocenters. The number of ether oxygens (including phenoxy) is 2. The second-order valence-electron chi connectivity index (χ2n) is 4.34. The molecule has 0 aliphatic carbocycles. The van der Waals surface area contributed by atoms with E-state index in [1.54, 1.807) is 0 Å². The van der Waals surface area contributed by atoms with Gasteiger partial charge in [0.2, 0.25) is 0 Å². The van der Waals surface area contributed by atoms with Gasteiger partial charge in [0.15, 0.2) is 0 Å². The Kier molecular flexibility index (Phi) is 7.09. The highest BCUT2D eigenvalue weighted by molar-refractivity contribution is 5.85. The molecule has 1 aliphatic rings. The summed E-state index contributed by atoms with van der Waals surface area (Å²) in [5.41, 5.74) is 1.28. The average molecular weight is 272 g/mol. The van der Waals surface area contributed by atoms with Gasteiger partial charge in [0.05, 0.1) is 12.7 Å². The monoisotopic (exact) mass is 271 g/mol. The number of halogens is 1. The molecule has 18 heavy (non-hydrogen) atoms. The first-order valence-electron chi connectivity index (χ1n) is 6.42. The summed E-state index contributed by atoms with van der Waals surface area (Å²) < 4.78 is 11.0. The quantitative estimate of drug-likeness (QED) is 0.863. The Bertz CT molecular complexity index is 323. The Morgan fingerprint density at radius 2 is 2.11 bits per heavy atom. The van der Waals surface area contributed by atoms with Crippen LogP contribution < -0.4 is 10.1 Å².